The third-order valence-corrected chi connectivity index (χ3v) is 0.399. The molecule has 0 heterocycles. The lowest BCUT2D eigenvalue weighted by Crippen LogP contribution is -1.41. The van der Waals surface area contributed by atoms with Gasteiger partial charge < -0.3 is 0 Å². The SMILES string of the molecule is [CH2]/C=C/C=[C]/C. The first kappa shape index (κ1) is 5.48. The van der Waals surface area contributed by atoms with Crippen LogP contribution in [-0.2, 0) is 0 Å². The second kappa shape index (κ2) is 4.48. The summed E-state index contributed by atoms with van der Waals surface area (Å²) >= 11 is 0. The Kier molecular flexibility index (Phi) is 4.09. The molecule has 0 amide bonds. The average molecular weight is 80.1 g/mol. The smallest absolute Gasteiger partial charge is 0.0313 e. The maximum Gasteiger partial charge on any atom is -0.0313 e. The molecule has 0 unspecified atom stereocenters. The maximum absolute atomic E-state index is 3.47. The van der Waals surface area contributed by atoms with Gasteiger partial charge in [-0.1, -0.05) is 18.2 Å². The molecule has 32 valence electrons. The van der Waals surface area contributed by atoms with E-state index in [1.807, 2.05) is 19.1 Å². The van der Waals surface area contributed by atoms with Crippen LogP contribution in [0.3, 0.4) is 0 Å². The van der Waals surface area contributed by atoms with Crippen molar-refractivity contribution in [3.8, 4) is 0 Å². The van der Waals surface area contributed by atoms with Gasteiger partial charge in [0, 0.05) is 0 Å². The molecule has 0 aliphatic carbocycles. The molecule has 0 atom stereocenters. The molecule has 0 spiro atoms. The molecule has 0 rings (SSSR count). The van der Waals surface area contributed by atoms with Crippen LogP contribution < -0.4 is 0 Å². The summed E-state index contributed by atoms with van der Waals surface area (Å²) in [6, 6.07) is 0. The Morgan fingerprint density at radius 3 is 2.50 bits per heavy atom. The number of rotatable bonds is 1. The van der Waals surface area contributed by atoms with Crippen molar-refractivity contribution >= 4 is 0 Å². The lowest BCUT2D eigenvalue weighted by atomic mass is 10.5. The number of hydrogen-bond acceptors (Lipinski definition) is 0. The normalized spacial score (nSPS) is 11.7. The van der Waals surface area contributed by atoms with Crippen LogP contribution in [-0.4, -0.2) is 0 Å². The Morgan fingerprint density at radius 1 is 1.67 bits per heavy atom. The molecule has 0 aromatic carbocycles. The largest absolute Gasteiger partial charge is 0.0842 e. The molecule has 0 N–H and O–H groups in total. The molecule has 0 saturated carbocycles. The fourth-order valence-electron chi connectivity index (χ4n) is 0.164. The fraction of sp³-hybridized carbons (Fsp3) is 0.167. The van der Waals surface area contributed by atoms with Crippen molar-refractivity contribution in [2.75, 3.05) is 0 Å². The van der Waals surface area contributed by atoms with Gasteiger partial charge in [-0.15, -0.1) is 0 Å². The standard InChI is InChI=1S/C6H8/c1-3-5-6-4-2/h3,5-6H,1H2,2H3/b5-3+,6-4?. The fourth-order valence-corrected chi connectivity index (χ4v) is 0.164. The van der Waals surface area contributed by atoms with Crippen LogP contribution in [0.25, 0.3) is 0 Å². The minimum atomic E-state index is 1.72. The zero-order valence-corrected chi connectivity index (χ0v) is 3.94. The van der Waals surface area contributed by atoms with Gasteiger partial charge in [-0.25, -0.2) is 0 Å². The first-order valence-electron chi connectivity index (χ1n) is 1.86. The Bertz CT molecular complexity index is 48.4. The van der Waals surface area contributed by atoms with Gasteiger partial charge >= 0.3 is 0 Å². The van der Waals surface area contributed by atoms with Gasteiger partial charge in [-0.3, -0.25) is 0 Å². The molecule has 0 heteroatoms. The van der Waals surface area contributed by atoms with E-state index < -0.39 is 0 Å². The summed E-state index contributed by atoms with van der Waals surface area (Å²) < 4.78 is 0. The molecule has 0 bridgehead atoms. The highest BCUT2D eigenvalue weighted by Crippen LogP contribution is 1.69. The predicted octanol–water partition coefficient (Wildman–Crippen LogP) is 1.76. The molecule has 6 heavy (non-hydrogen) atoms. The number of hydrogen-bond donors (Lipinski definition) is 0. The first-order chi connectivity index (χ1) is 2.91. The predicted molar refractivity (Wildman–Crippen MR) is 28.0 cm³/mol. The monoisotopic (exact) mass is 80.1 g/mol. The highest BCUT2D eigenvalue weighted by atomic mass is 13.6. The average Bonchev–Trinajstić information content (AvgIpc) is 1.61. The third-order valence-electron chi connectivity index (χ3n) is 0.399. The lowest BCUT2D eigenvalue weighted by molar-refractivity contribution is 1.65. The van der Waals surface area contributed by atoms with Crippen molar-refractivity contribution < 1.29 is 0 Å². The van der Waals surface area contributed by atoms with Crippen LogP contribution in [0, 0.1) is 13.0 Å². The topological polar surface area (TPSA) is 0 Å². The van der Waals surface area contributed by atoms with Crippen molar-refractivity contribution in [1.82, 2.24) is 0 Å². The Labute approximate surface area is 39.2 Å². The van der Waals surface area contributed by atoms with Crippen LogP contribution >= 0.6 is 0 Å². The summed E-state index contributed by atoms with van der Waals surface area (Å²) in [4.78, 5) is 0. The zero-order chi connectivity index (χ0) is 4.83. The molecular formula is C6H8. The third kappa shape index (κ3) is 3.48. The van der Waals surface area contributed by atoms with E-state index in [2.05, 4.69) is 13.0 Å². The molecule has 2 radical (unpaired) electrons. The molecule has 0 aliphatic heterocycles. The van der Waals surface area contributed by atoms with E-state index in [4.69, 9.17) is 0 Å². The Hall–Kier alpha value is -0.520. The van der Waals surface area contributed by atoms with Crippen molar-refractivity contribution in [2.24, 2.45) is 0 Å². The van der Waals surface area contributed by atoms with Crippen molar-refractivity contribution in [1.29, 1.82) is 0 Å². The van der Waals surface area contributed by atoms with Gasteiger partial charge in [0.05, 0.1) is 0 Å². The van der Waals surface area contributed by atoms with Gasteiger partial charge in [-0.05, 0) is 19.9 Å². The second-order valence-electron chi connectivity index (χ2n) is 0.883. The van der Waals surface area contributed by atoms with E-state index >= 15 is 0 Å². The summed E-state index contributed by atoms with van der Waals surface area (Å²) in [6.07, 6.45) is 8.18. The molecule has 0 aromatic heterocycles. The summed E-state index contributed by atoms with van der Waals surface area (Å²) in [5.74, 6) is 0. The molecule has 0 aliphatic rings. The highest BCUT2D eigenvalue weighted by Gasteiger charge is 1.49. The Balaban J connectivity index is 3.07. The van der Waals surface area contributed by atoms with E-state index in [0.717, 1.165) is 0 Å². The van der Waals surface area contributed by atoms with Gasteiger partial charge in [-0.2, -0.15) is 0 Å². The molecule has 0 aromatic rings. The molecule has 0 nitrogen and oxygen atoms in total. The minimum Gasteiger partial charge on any atom is -0.0842 e. The van der Waals surface area contributed by atoms with E-state index in [-0.39, 0.29) is 0 Å². The molecule has 0 saturated heterocycles. The Morgan fingerprint density at radius 2 is 2.33 bits per heavy atom. The first-order valence-corrected chi connectivity index (χ1v) is 1.86. The summed E-state index contributed by atoms with van der Waals surface area (Å²) in [6.45, 7) is 5.32. The van der Waals surface area contributed by atoms with Crippen LogP contribution in [0.4, 0.5) is 0 Å². The molecular weight excluding hydrogens is 72.1 g/mol. The quantitative estimate of drug-likeness (QED) is 0.421. The lowest BCUT2D eigenvalue weighted by Gasteiger charge is -1.61. The van der Waals surface area contributed by atoms with Gasteiger partial charge in [0.1, 0.15) is 0 Å². The van der Waals surface area contributed by atoms with E-state index in [1.165, 1.54) is 0 Å². The summed E-state index contributed by atoms with van der Waals surface area (Å²) in [5.41, 5.74) is 0. The van der Waals surface area contributed by atoms with Crippen LogP contribution in [0.1, 0.15) is 6.92 Å². The second-order valence-corrected chi connectivity index (χ2v) is 0.883. The van der Waals surface area contributed by atoms with Gasteiger partial charge in [0.2, 0.25) is 0 Å². The maximum atomic E-state index is 3.47. The minimum absolute atomic E-state index is 1.72. The van der Waals surface area contributed by atoms with Crippen molar-refractivity contribution in [3.63, 3.8) is 0 Å². The summed E-state index contributed by atoms with van der Waals surface area (Å²) in [5, 5.41) is 0. The van der Waals surface area contributed by atoms with E-state index in [0.29, 0.717) is 0 Å². The number of allylic oxidation sites excluding steroid dienone is 4. The van der Waals surface area contributed by atoms with Crippen LogP contribution in [0.2, 0.25) is 0 Å². The zero-order valence-electron chi connectivity index (χ0n) is 3.94. The van der Waals surface area contributed by atoms with Crippen LogP contribution in [0.5, 0.6) is 0 Å². The summed E-state index contributed by atoms with van der Waals surface area (Å²) in [7, 11) is 0. The molecule has 0 fully saturated rings. The van der Waals surface area contributed by atoms with E-state index in [1.54, 1.807) is 6.08 Å². The van der Waals surface area contributed by atoms with Crippen molar-refractivity contribution in [3.05, 3.63) is 31.2 Å². The highest BCUT2D eigenvalue weighted by molar-refractivity contribution is 4.99. The van der Waals surface area contributed by atoms with Gasteiger partial charge in [0.25, 0.3) is 0 Å². The van der Waals surface area contributed by atoms with Crippen LogP contribution in [0.15, 0.2) is 18.2 Å². The van der Waals surface area contributed by atoms with Crippen molar-refractivity contribution in [2.45, 2.75) is 6.92 Å². The van der Waals surface area contributed by atoms with Gasteiger partial charge in [0.15, 0.2) is 0 Å². The van der Waals surface area contributed by atoms with E-state index in [9.17, 15) is 0 Å².